The van der Waals surface area contributed by atoms with Crippen molar-refractivity contribution < 1.29 is 50.6 Å². The summed E-state index contributed by atoms with van der Waals surface area (Å²) >= 11 is 0. The summed E-state index contributed by atoms with van der Waals surface area (Å²) < 4.78 is 0. The van der Waals surface area contributed by atoms with Crippen LogP contribution in [0.15, 0.2) is 0 Å². The van der Waals surface area contributed by atoms with Crippen LogP contribution in [-0.2, 0) is 19.2 Å². The van der Waals surface area contributed by atoms with Gasteiger partial charge in [0.25, 0.3) is 0 Å². The van der Waals surface area contributed by atoms with Crippen LogP contribution in [0.3, 0.4) is 0 Å². The van der Waals surface area contributed by atoms with Gasteiger partial charge in [-0.2, -0.15) is 0 Å². The Hall–Kier alpha value is -0.440. The van der Waals surface area contributed by atoms with Gasteiger partial charge in [-0.05, 0) is 0 Å². The van der Waals surface area contributed by atoms with Crippen LogP contribution in [-0.4, -0.2) is 163 Å². The van der Waals surface area contributed by atoms with E-state index in [1.165, 1.54) is 0 Å². The Morgan fingerprint density at radius 1 is 0.500 bits per heavy atom. The normalized spacial score (nSPS) is 7.64. The van der Waals surface area contributed by atoms with E-state index >= 15 is 0 Å². The molecule has 0 heterocycles. The molecule has 0 radical (unpaired) electrons. The molecule has 28 heavy (non-hydrogen) atoms. The zero-order valence-corrected chi connectivity index (χ0v) is 14.4. The summed E-state index contributed by atoms with van der Waals surface area (Å²) in [7, 11) is 0. The molecule has 0 aromatic carbocycles. The summed E-state index contributed by atoms with van der Waals surface area (Å²) in [5, 5.41) is 34.5. The molecule has 0 aliphatic rings. The Labute approximate surface area is 206 Å². The molecule has 0 aromatic heterocycles. The Morgan fingerprint density at radius 3 is 0.750 bits per heavy atom. The van der Waals surface area contributed by atoms with E-state index < -0.39 is 50.1 Å². The average molecular weight is 444 g/mol. The number of nitrogens with zero attached hydrogens (tertiary/aromatic N) is 2. The van der Waals surface area contributed by atoms with E-state index in [0.29, 0.717) is 0 Å². The van der Waals surface area contributed by atoms with Crippen LogP contribution in [0.25, 0.3) is 0 Å². The van der Waals surface area contributed by atoms with Gasteiger partial charge in [0.1, 0.15) is 0 Å². The van der Waals surface area contributed by atoms with Gasteiger partial charge >= 0.3 is 83.0 Å². The molecule has 0 unspecified atom stereocenters. The van der Waals surface area contributed by atoms with Crippen molar-refractivity contribution in [2.24, 2.45) is 0 Å². The first-order chi connectivity index (χ1) is 9.20. The number of rotatable bonds is 11. The summed E-state index contributed by atoms with van der Waals surface area (Å²) in [6, 6.07) is 0. The predicted octanol–water partition coefficient (Wildman–Crippen LogP) is -4.37. The summed E-state index contributed by atoms with van der Waals surface area (Å²) in [5.41, 5.74) is 0. The molecule has 0 fully saturated rings. The molecule has 20 N–H and O–H groups in total. The standard InChI is InChI=1S/C10H16N2O8.4H3N.2Na.2H2O.2H/c13-7(14)3-11(4-8(15)16)1-2-12(5-9(17)18)6-10(19)20;;;;;;;;;;/h1-6H2,(H,13,14)(H,15,16)(H,17,18)(H,19,20);4*1H3;;;2*1H2;;. The molecule has 166 valence electrons. The second-order valence-electron chi connectivity index (χ2n) is 4.00. The third-order valence-electron chi connectivity index (χ3n) is 2.17. The minimum absolute atomic E-state index is 0. The van der Waals surface area contributed by atoms with E-state index in [0.717, 1.165) is 9.80 Å². The number of hydrogen-bond acceptors (Lipinski definition) is 10. The molecule has 0 saturated carbocycles. The van der Waals surface area contributed by atoms with Crippen LogP contribution in [0.1, 0.15) is 0 Å². The molecule has 0 aromatic rings. The van der Waals surface area contributed by atoms with Crippen LogP contribution in [0.2, 0.25) is 0 Å². The Bertz CT molecular complexity index is 339. The van der Waals surface area contributed by atoms with E-state index in [1.54, 1.807) is 0 Å². The van der Waals surface area contributed by atoms with Crippen LogP contribution in [0, 0.1) is 0 Å². The van der Waals surface area contributed by atoms with E-state index in [4.69, 9.17) is 20.4 Å². The van der Waals surface area contributed by atoms with E-state index in [-0.39, 0.29) is 108 Å². The number of carboxylic acids is 4. The fourth-order valence-electron chi connectivity index (χ4n) is 1.48. The van der Waals surface area contributed by atoms with Gasteiger partial charge in [0.15, 0.2) is 0 Å². The van der Waals surface area contributed by atoms with Gasteiger partial charge in [-0.3, -0.25) is 29.0 Å². The summed E-state index contributed by atoms with van der Waals surface area (Å²) in [6.07, 6.45) is 0. The second-order valence-corrected chi connectivity index (χ2v) is 4.00. The van der Waals surface area contributed by atoms with Crippen molar-refractivity contribution in [2.75, 3.05) is 39.3 Å². The maximum atomic E-state index is 10.6. The first-order valence-electron chi connectivity index (χ1n) is 5.52. The zero-order chi connectivity index (χ0) is 15.7. The van der Waals surface area contributed by atoms with Crippen LogP contribution >= 0.6 is 0 Å². The van der Waals surface area contributed by atoms with Gasteiger partial charge in [0.2, 0.25) is 0 Å². The summed E-state index contributed by atoms with van der Waals surface area (Å²) in [5.74, 6) is -4.91. The van der Waals surface area contributed by atoms with E-state index in [9.17, 15) is 19.2 Å². The van der Waals surface area contributed by atoms with Gasteiger partial charge in [-0.1, -0.05) is 0 Å². The molecule has 0 aliphatic heterocycles. The number of carbonyl (C=O) groups is 4. The van der Waals surface area contributed by atoms with Crippen molar-refractivity contribution in [1.29, 1.82) is 0 Å². The van der Waals surface area contributed by atoms with Crippen molar-refractivity contribution in [3.05, 3.63) is 0 Å². The fourth-order valence-corrected chi connectivity index (χ4v) is 1.48. The molecule has 0 atom stereocenters. The van der Waals surface area contributed by atoms with Crippen molar-refractivity contribution >= 4 is 83.0 Å². The topological polar surface area (TPSA) is 359 Å². The SMILES string of the molecule is N.N.N.N.O.O.O=C(O)CN(CCN(CC(=O)O)CC(=O)O)CC(=O)O.[NaH].[NaH]. The monoisotopic (exact) mass is 444 g/mol. The third-order valence-corrected chi connectivity index (χ3v) is 2.17. The molecule has 18 heteroatoms. The van der Waals surface area contributed by atoms with Gasteiger partial charge in [0.05, 0.1) is 26.2 Å². The molecular weight excluding hydrogens is 410 g/mol. The maximum absolute atomic E-state index is 10.6. The molecule has 0 saturated heterocycles. The van der Waals surface area contributed by atoms with Gasteiger partial charge in [-0.25, -0.2) is 0 Å². The summed E-state index contributed by atoms with van der Waals surface area (Å²) in [6.45, 7) is -2.25. The molecule has 0 bridgehead atoms. The molecule has 0 rings (SSSR count). The molecule has 16 nitrogen and oxygen atoms in total. The number of hydrogen-bond donors (Lipinski definition) is 8. The molecule has 0 spiro atoms. The Kier molecular flexibility index (Phi) is 63.0. The number of aliphatic carboxylic acids is 4. The average Bonchev–Trinajstić information content (AvgIpc) is 2.22. The third kappa shape index (κ3) is 36.5. The van der Waals surface area contributed by atoms with Crippen LogP contribution < -0.4 is 24.6 Å². The van der Waals surface area contributed by atoms with Gasteiger partial charge in [0, 0.05) is 13.1 Å². The quantitative estimate of drug-likeness (QED) is 0.139. The zero-order valence-electron chi connectivity index (χ0n) is 14.4. The van der Waals surface area contributed by atoms with Gasteiger partial charge in [-0.15, -0.1) is 0 Å². The van der Waals surface area contributed by atoms with Crippen LogP contribution in [0.5, 0.6) is 0 Å². The number of carboxylic acid groups (broad SMARTS) is 4. The summed E-state index contributed by atoms with van der Waals surface area (Å²) in [4.78, 5) is 44.4. The first-order valence-corrected chi connectivity index (χ1v) is 5.52. The van der Waals surface area contributed by atoms with Crippen molar-refractivity contribution in [1.82, 2.24) is 34.4 Å². The van der Waals surface area contributed by atoms with E-state index in [1.807, 2.05) is 0 Å². The van der Waals surface area contributed by atoms with Crippen LogP contribution in [0.4, 0.5) is 0 Å². The van der Waals surface area contributed by atoms with Crippen molar-refractivity contribution in [3.8, 4) is 0 Å². The molecular formula is C10H34N6Na2O10. The molecule has 0 aliphatic carbocycles. The predicted molar refractivity (Wildman–Crippen MR) is 105 cm³/mol. The Morgan fingerprint density at radius 2 is 0.643 bits per heavy atom. The van der Waals surface area contributed by atoms with Crippen molar-refractivity contribution in [2.45, 2.75) is 0 Å². The minimum atomic E-state index is -1.23. The van der Waals surface area contributed by atoms with E-state index in [2.05, 4.69) is 0 Å². The Balaban J connectivity index is -0.0000000645. The first kappa shape index (κ1) is 56.4. The van der Waals surface area contributed by atoms with Crippen molar-refractivity contribution in [3.63, 3.8) is 0 Å². The molecule has 0 amide bonds. The fraction of sp³-hybridized carbons (Fsp3) is 0.600. The van der Waals surface area contributed by atoms with Gasteiger partial charge < -0.3 is 56.0 Å². The second kappa shape index (κ2) is 31.3.